The first-order valence-corrected chi connectivity index (χ1v) is 6.87. The maximum absolute atomic E-state index is 4.58. The zero-order chi connectivity index (χ0) is 14.2. The molecule has 0 aliphatic rings. The largest absolute Gasteiger partial charge is 0.337 e. The van der Waals surface area contributed by atoms with E-state index in [9.17, 15) is 0 Å². The molecule has 4 nitrogen and oxygen atoms in total. The SMILES string of the molecule is Cc1ccc(-c2cc(-c3nc4ccccc4[nH]3)[nH]n2)cc1. The van der Waals surface area contributed by atoms with E-state index in [4.69, 9.17) is 0 Å². The second kappa shape index (κ2) is 4.59. The number of hydrogen-bond donors (Lipinski definition) is 2. The zero-order valence-electron chi connectivity index (χ0n) is 11.6. The van der Waals surface area contributed by atoms with E-state index >= 15 is 0 Å². The van der Waals surface area contributed by atoms with Crippen LogP contribution in [0.1, 0.15) is 5.56 Å². The average Bonchev–Trinajstić information content (AvgIpc) is 3.14. The summed E-state index contributed by atoms with van der Waals surface area (Å²) >= 11 is 0. The van der Waals surface area contributed by atoms with Gasteiger partial charge in [-0.25, -0.2) is 4.98 Å². The van der Waals surface area contributed by atoms with Gasteiger partial charge in [0.2, 0.25) is 0 Å². The van der Waals surface area contributed by atoms with Gasteiger partial charge < -0.3 is 4.98 Å². The van der Waals surface area contributed by atoms with Gasteiger partial charge in [-0.1, -0.05) is 42.0 Å². The summed E-state index contributed by atoms with van der Waals surface area (Å²) in [5.41, 5.74) is 6.14. The molecule has 102 valence electrons. The van der Waals surface area contributed by atoms with Crippen LogP contribution in [0, 0.1) is 6.92 Å². The molecule has 2 aromatic heterocycles. The van der Waals surface area contributed by atoms with Crippen molar-refractivity contribution in [3.05, 3.63) is 60.2 Å². The first kappa shape index (κ1) is 11.9. The van der Waals surface area contributed by atoms with Gasteiger partial charge in [0.25, 0.3) is 0 Å². The van der Waals surface area contributed by atoms with Gasteiger partial charge in [0.1, 0.15) is 5.69 Å². The number of aromatic nitrogens is 4. The molecule has 2 aromatic carbocycles. The molecule has 0 saturated heterocycles. The lowest BCUT2D eigenvalue weighted by molar-refractivity contribution is 1.08. The lowest BCUT2D eigenvalue weighted by Gasteiger charge is -1.96. The maximum Gasteiger partial charge on any atom is 0.156 e. The fourth-order valence-electron chi connectivity index (χ4n) is 2.40. The third kappa shape index (κ3) is 2.10. The number of nitrogens with zero attached hydrogens (tertiary/aromatic N) is 2. The van der Waals surface area contributed by atoms with Gasteiger partial charge in [-0.05, 0) is 25.1 Å². The minimum absolute atomic E-state index is 0.807. The predicted octanol–water partition coefficient (Wildman–Crippen LogP) is 3.93. The quantitative estimate of drug-likeness (QED) is 0.582. The second-order valence-corrected chi connectivity index (χ2v) is 5.14. The van der Waals surface area contributed by atoms with Crippen LogP contribution in [0.4, 0.5) is 0 Å². The fraction of sp³-hybridized carbons (Fsp3) is 0.0588. The summed E-state index contributed by atoms with van der Waals surface area (Å²) in [6, 6.07) is 18.3. The minimum Gasteiger partial charge on any atom is -0.337 e. The lowest BCUT2D eigenvalue weighted by Crippen LogP contribution is -1.79. The van der Waals surface area contributed by atoms with Crippen LogP contribution in [0.2, 0.25) is 0 Å². The third-order valence-electron chi connectivity index (χ3n) is 3.57. The van der Waals surface area contributed by atoms with Crippen LogP contribution in [-0.4, -0.2) is 20.2 Å². The molecule has 0 radical (unpaired) electrons. The monoisotopic (exact) mass is 274 g/mol. The summed E-state index contributed by atoms with van der Waals surface area (Å²) in [6.45, 7) is 2.08. The number of fused-ring (bicyclic) bond motifs is 1. The van der Waals surface area contributed by atoms with E-state index in [-0.39, 0.29) is 0 Å². The average molecular weight is 274 g/mol. The highest BCUT2D eigenvalue weighted by molar-refractivity contribution is 5.79. The summed E-state index contributed by atoms with van der Waals surface area (Å²) < 4.78 is 0. The van der Waals surface area contributed by atoms with Crippen molar-refractivity contribution in [2.45, 2.75) is 6.92 Å². The van der Waals surface area contributed by atoms with Crippen LogP contribution in [-0.2, 0) is 0 Å². The van der Waals surface area contributed by atoms with E-state index in [2.05, 4.69) is 51.4 Å². The molecule has 0 fully saturated rings. The van der Waals surface area contributed by atoms with Gasteiger partial charge in [0.15, 0.2) is 5.82 Å². The van der Waals surface area contributed by atoms with Crippen molar-refractivity contribution in [2.75, 3.05) is 0 Å². The third-order valence-corrected chi connectivity index (χ3v) is 3.57. The molecule has 4 heteroatoms. The topological polar surface area (TPSA) is 57.4 Å². The molecule has 21 heavy (non-hydrogen) atoms. The smallest absolute Gasteiger partial charge is 0.156 e. The predicted molar refractivity (Wildman–Crippen MR) is 83.8 cm³/mol. The van der Waals surface area contributed by atoms with Gasteiger partial charge in [-0.15, -0.1) is 0 Å². The Labute approximate surface area is 121 Å². The highest BCUT2D eigenvalue weighted by atomic mass is 15.1. The Hall–Kier alpha value is -2.88. The number of H-pyrrole nitrogens is 2. The van der Waals surface area contributed by atoms with E-state index in [0.29, 0.717) is 0 Å². The number of nitrogens with one attached hydrogen (secondary N) is 2. The molecule has 0 amide bonds. The number of hydrogen-bond acceptors (Lipinski definition) is 2. The van der Waals surface area contributed by atoms with E-state index in [1.165, 1.54) is 5.56 Å². The summed E-state index contributed by atoms with van der Waals surface area (Å²) in [5, 5.41) is 7.43. The van der Waals surface area contributed by atoms with Crippen LogP contribution < -0.4 is 0 Å². The molecular formula is C17H14N4. The Morgan fingerprint density at radius 1 is 0.952 bits per heavy atom. The normalized spacial score (nSPS) is 11.1. The Balaban J connectivity index is 1.75. The highest BCUT2D eigenvalue weighted by Gasteiger charge is 2.09. The summed E-state index contributed by atoms with van der Waals surface area (Å²) in [4.78, 5) is 7.88. The van der Waals surface area contributed by atoms with Crippen LogP contribution in [0.5, 0.6) is 0 Å². The summed E-state index contributed by atoms with van der Waals surface area (Å²) in [7, 11) is 0. The fourth-order valence-corrected chi connectivity index (χ4v) is 2.40. The standard InChI is InChI=1S/C17H14N4/c1-11-6-8-12(9-7-11)15-10-16(21-20-15)17-18-13-4-2-3-5-14(13)19-17/h2-10H,1H3,(H,18,19)(H,20,21). The minimum atomic E-state index is 0.807. The molecule has 0 unspecified atom stereocenters. The zero-order valence-corrected chi connectivity index (χ0v) is 11.6. The van der Waals surface area contributed by atoms with Gasteiger partial charge in [-0.3, -0.25) is 5.10 Å². The van der Waals surface area contributed by atoms with Gasteiger partial charge in [0, 0.05) is 5.56 Å². The Bertz CT molecular complexity index is 867. The maximum atomic E-state index is 4.58. The lowest BCUT2D eigenvalue weighted by atomic mass is 10.1. The number of para-hydroxylation sites is 2. The molecule has 2 heterocycles. The van der Waals surface area contributed by atoms with Crippen LogP contribution in [0.25, 0.3) is 33.8 Å². The van der Waals surface area contributed by atoms with Crippen LogP contribution >= 0.6 is 0 Å². The van der Waals surface area contributed by atoms with Crippen molar-refractivity contribution in [1.82, 2.24) is 20.2 Å². The van der Waals surface area contributed by atoms with Crippen LogP contribution in [0.15, 0.2) is 54.6 Å². The number of aryl methyl sites for hydroxylation is 1. The summed E-state index contributed by atoms with van der Waals surface area (Å²) in [5.74, 6) is 0.807. The van der Waals surface area contributed by atoms with Crippen molar-refractivity contribution in [3.63, 3.8) is 0 Å². The van der Waals surface area contributed by atoms with Gasteiger partial charge in [0.05, 0.1) is 16.7 Å². The van der Waals surface area contributed by atoms with E-state index in [1.807, 2.05) is 30.3 Å². The molecule has 0 aliphatic carbocycles. The van der Waals surface area contributed by atoms with Crippen molar-refractivity contribution in [3.8, 4) is 22.8 Å². The first-order valence-electron chi connectivity index (χ1n) is 6.87. The van der Waals surface area contributed by atoms with E-state index in [1.54, 1.807) is 0 Å². The number of imidazole rings is 1. The van der Waals surface area contributed by atoms with Gasteiger partial charge in [-0.2, -0.15) is 5.10 Å². The van der Waals surface area contributed by atoms with Crippen molar-refractivity contribution in [1.29, 1.82) is 0 Å². The Morgan fingerprint density at radius 2 is 1.76 bits per heavy atom. The number of rotatable bonds is 2. The van der Waals surface area contributed by atoms with Crippen molar-refractivity contribution >= 4 is 11.0 Å². The number of aromatic amines is 2. The molecule has 0 bridgehead atoms. The number of benzene rings is 2. The molecule has 4 rings (SSSR count). The molecule has 2 N–H and O–H groups in total. The van der Waals surface area contributed by atoms with Crippen LogP contribution in [0.3, 0.4) is 0 Å². The Morgan fingerprint density at radius 3 is 2.57 bits per heavy atom. The molecule has 0 spiro atoms. The summed E-state index contributed by atoms with van der Waals surface area (Å²) in [6.07, 6.45) is 0. The molecule has 0 saturated carbocycles. The molecule has 0 aliphatic heterocycles. The molecular weight excluding hydrogens is 260 g/mol. The molecule has 0 atom stereocenters. The Kier molecular flexibility index (Phi) is 2.60. The molecule has 4 aromatic rings. The second-order valence-electron chi connectivity index (χ2n) is 5.14. The van der Waals surface area contributed by atoms with Crippen molar-refractivity contribution in [2.24, 2.45) is 0 Å². The highest BCUT2D eigenvalue weighted by Crippen LogP contribution is 2.24. The van der Waals surface area contributed by atoms with E-state index < -0.39 is 0 Å². The first-order chi connectivity index (χ1) is 10.3. The van der Waals surface area contributed by atoms with E-state index in [0.717, 1.165) is 33.8 Å². The van der Waals surface area contributed by atoms with Gasteiger partial charge >= 0.3 is 0 Å². The van der Waals surface area contributed by atoms with Crippen molar-refractivity contribution < 1.29 is 0 Å².